The molecule has 0 bridgehead atoms. The number of ether oxygens (including phenoxy) is 3. The number of hydrogen-bond acceptors (Lipinski definition) is 14. The predicted octanol–water partition coefficient (Wildman–Crippen LogP) is -1.38. The molecule has 3 aliphatic rings. The molecule has 5 rings (SSSR count). The Balaban J connectivity index is 1.53. The van der Waals surface area contributed by atoms with Gasteiger partial charge < -0.3 is 56.1 Å². The van der Waals surface area contributed by atoms with Crippen LogP contribution in [0.15, 0.2) is 18.2 Å². The zero-order chi connectivity index (χ0) is 35.2. The zero-order valence-electron chi connectivity index (χ0n) is 26.3. The van der Waals surface area contributed by atoms with Gasteiger partial charge in [-0.1, -0.05) is 12.1 Å². The third-order valence-corrected chi connectivity index (χ3v) is 8.94. The monoisotopic (exact) mass is 671 g/mol. The van der Waals surface area contributed by atoms with Crippen LogP contribution in [-0.2, 0) is 30.3 Å². The van der Waals surface area contributed by atoms with E-state index in [2.05, 4.69) is 10.6 Å². The highest BCUT2D eigenvalue weighted by atomic mass is 16.7. The summed E-state index contributed by atoms with van der Waals surface area (Å²) in [6.45, 7) is 1.41. The number of phenolic OH excluding ortho intramolecular Hbond substituents is 2. The minimum absolute atomic E-state index is 0.0529. The molecule has 7 atom stereocenters. The molecule has 258 valence electrons. The molecule has 2 aromatic rings. The SMILES string of the molecule is COc1cccc2c1C(=O)c1c(O)c3c(c(O)c1C2=O)C[C@@](O)(C(=O)CO)C[C@@H]3O[C@H]1C[C@H](NC(=O)CNC(=O)[C@H](C)N)[C@H](O)[C@H](C)O1. The Kier molecular flexibility index (Phi) is 9.60. The number of carbonyl (C=O) groups excluding carboxylic acids is 5. The van der Waals surface area contributed by atoms with Crippen molar-refractivity contribution in [3.05, 3.63) is 51.6 Å². The molecule has 1 saturated heterocycles. The summed E-state index contributed by atoms with van der Waals surface area (Å²) in [5.74, 6) is -5.36. The first-order chi connectivity index (χ1) is 22.6. The van der Waals surface area contributed by atoms with Crippen LogP contribution in [0.5, 0.6) is 17.2 Å². The van der Waals surface area contributed by atoms with Gasteiger partial charge in [0, 0.05) is 36.0 Å². The topological polar surface area (TPSA) is 264 Å². The van der Waals surface area contributed by atoms with E-state index >= 15 is 0 Å². The second-order valence-electron chi connectivity index (χ2n) is 12.2. The van der Waals surface area contributed by atoms with Gasteiger partial charge >= 0.3 is 0 Å². The zero-order valence-corrected chi connectivity index (χ0v) is 26.3. The smallest absolute Gasteiger partial charge is 0.239 e. The van der Waals surface area contributed by atoms with Crippen molar-refractivity contribution in [2.75, 3.05) is 20.3 Å². The van der Waals surface area contributed by atoms with Crippen LogP contribution >= 0.6 is 0 Å². The Bertz CT molecular complexity index is 1690. The molecule has 0 spiro atoms. The Morgan fingerprint density at radius 3 is 2.46 bits per heavy atom. The van der Waals surface area contributed by atoms with Crippen molar-refractivity contribution in [2.45, 2.75) is 75.4 Å². The number of aliphatic hydroxyl groups excluding tert-OH is 2. The third kappa shape index (κ3) is 6.02. The lowest BCUT2D eigenvalue weighted by molar-refractivity contribution is -0.249. The maximum atomic E-state index is 13.8. The van der Waals surface area contributed by atoms with E-state index < -0.39 is 120 Å². The normalized spacial score (nSPS) is 26.9. The van der Waals surface area contributed by atoms with Gasteiger partial charge in [0.25, 0.3) is 0 Å². The number of nitrogens with two attached hydrogens (primary N) is 1. The van der Waals surface area contributed by atoms with Crippen molar-refractivity contribution in [3.63, 3.8) is 0 Å². The molecule has 0 unspecified atom stereocenters. The lowest BCUT2D eigenvalue weighted by Crippen LogP contribution is -2.57. The number of aromatic hydroxyl groups is 2. The number of ketones is 3. The first kappa shape index (κ1) is 34.9. The number of fused-ring (bicyclic) bond motifs is 3. The fourth-order valence-corrected chi connectivity index (χ4v) is 6.44. The highest BCUT2D eigenvalue weighted by molar-refractivity contribution is 6.31. The number of nitrogens with one attached hydrogen (secondary N) is 2. The van der Waals surface area contributed by atoms with Crippen LogP contribution in [-0.4, -0.2) is 111 Å². The Labute approximate surface area is 273 Å². The minimum Gasteiger partial charge on any atom is -0.507 e. The van der Waals surface area contributed by atoms with Gasteiger partial charge in [0.05, 0.1) is 54.6 Å². The lowest BCUT2D eigenvalue weighted by Gasteiger charge is -2.43. The molecule has 9 N–H and O–H groups in total. The first-order valence-electron chi connectivity index (χ1n) is 15.2. The molecular weight excluding hydrogens is 634 g/mol. The van der Waals surface area contributed by atoms with Crippen molar-refractivity contribution >= 4 is 29.2 Å². The number of benzene rings is 2. The molecule has 0 saturated carbocycles. The van der Waals surface area contributed by atoms with Gasteiger partial charge in [-0.05, 0) is 19.9 Å². The van der Waals surface area contributed by atoms with Gasteiger partial charge in [-0.3, -0.25) is 24.0 Å². The van der Waals surface area contributed by atoms with E-state index in [9.17, 15) is 49.5 Å². The highest BCUT2D eigenvalue weighted by Crippen LogP contribution is 2.52. The Hall–Kier alpha value is -4.45. The number of carbonyl (C=O) groups is 5. The van der Waals surface area contributed by atoms with E-state index in [-0.39, 0.29) is 34.4 Å². The van der Waals surface area contributed by atoms with Crippen LogP contribution < -0.4 is 21.1 Å². The molecule has 1 heterocycles. The van der Waals surface area contributed by atoms with E-state index in [1.165, 1.54) is 39.2 Å². The summed E-state index contributed by atoms with van der Waals surface area (Å²) in [6, 6.07) is 2.44. The third-order valence-electron chi connectivity index (χ3n) is 8.94. The standard InChI is InChI=1S/C32H37N3O13/c1-12(33)31(44)34-10-20(38)35-16-7-21(47-13(2)26(16)39)48-18-9-32(45,19(37)11-36)8-15-23(18)30(43)25-24(28(15)41)27(40)14-5-4-6-17(46-3)22(14)29(25)42/h4-6,12-13,16,18,21,26,36,39,41,43,45H,7-11,33H2,1-3H3,(H,34,44)(H,35,38)/t12-,13-,16-,18-,21-,26+,32-/m0/s1. The molecule has 16 heteroatoms. The molecule has 0 radical (unpaired) electrons. The van der Waals surface area contributed by atoms with Crippen LogP contribution in [0, 0.1) is 0 Å². The van der Waals surface area contributed by atoms with Crippen LogP contribution in [0.3, 0.4) is 0 Å². The number of phenols is 2. The van der Waals surface area contributed by atoms with Crippen LogP contribution in [0.4, 0.5) is 0 Å². The Morgan fingerprint density at radius 2 is 1.81 bits per heavy atom. The van der Waals surface area contributed by atoms with Gasteiger partial charge in [-0.25, -0.2) is 0 Å². The van der Waals surface area contributed by atoms with E-state index in [0.717, 1.165) is 0 Å². The average molecular weight is 672 g/mol. The quantitative estimate of drug-likeness (QED) is 0.122. The second-order valence-corrected chi connectivity index (χ2v) is 12.2. The molecule has 16 nitrogen and oxygen atoms in total. The molecular formula is C32H37N3O13. The second kappa shape index (κ2) is 13.2. The Morgan fingerprint density at radius 1 is 1.12 bits per heavy atom. The van der Waals surface area contributed by atoms with Gasteiger partial charge in [-0.2, -0.15) is 0 Å². The maximum absolute atomic E-state index is 13.8. The fourth-order valence-electron chi connectivity index (χ4n) is 6.44. The number of amides is 2. The molecule has 48 heavy (non-hydrogen) atoms. The molecule has 2 amide bonds. The highest BCUT2D eigenvalue weighted by Gasteiger charge is 2.50. The minimum atomic E-state index is -2.35. The summed E-state index contributed by atoms with van der Waals surface area (Å²) in [6.07, 6.45) is -6.35. The number of methoxy groups -OCH3 is 1. The van der Waals surface area contributed by atoms with Crippen molar-refractivity contribution in [1.29, 1.82) is 0 Å². The molecule has 1 fully saturated rings. The maximum Gasteiger partial charge on any atom is 0.239 e. The van der Waals surface area contributed by atoms with E-state index in [4.69, 9.17) is 19.9 Å². The van der Waals surface area contributed by atoms with Gasteiger partial charge in [-0.15, -0.1) is 0 Å². The van der Waals surface area contributed by atoms with E-state index in [1.54, 1.807) is 0 Å². The van der Waals surface area contributed by atoms with Crippen LogP contribution in [0.1, 0.15) is 75.8 Å². The van der Waals surface area contributed by atoms with E-state index in [0.29, 0.717) is 0 Å². The van der Waals surface area contributed by atoms with Gasteiger partial charge in [0.2, 0.25) is 17.6 Å². The molecule has 2 aliphatic carbocycles. The number of hydrogen-bond donors (Lipinski definition) is 8. The lowest BCUT2D eigenvalue weighted by atomic mass is 9.72. The van der Waals surface area contributed by atoms with Gasteiger partial charge in [0.15, 0.2) is 17.9 Å². The van der Waals surface area contributed by atoms with E-state index in [1.807, 2.05) is 0 Å². The summed E-state index contributed by atoms with van der Waals surface area (Å²) < 4.78 is 17.2. The van der Waals surface area contributed by atoms with Crippen molar-refractivity contribution in [3.8, 4) is 17.2 Å². The van der Waals surface area contributed by atoms with Crippen LogP contribution in [0.2, 0.25) is 0 Å². The summed E-state index contributed by atoms with van der Waals surface area (Å²) in [7, 11) is 1.30. The number of aliphatic hydroxyl groups is 3. The van der Waals surface area contributed by atoms with Crippen molar-refractivity contribution in [2.24, 2.45) is 5.73 Å². The summed E-state index contributed by atoms with van der Waals surface area (Å²) >= 11 is 0. The number of Topliss-reactive ketones (excluding diaryl/α,β-unsaturated/α-hetero) is 1. The molecule has 2 aromatic carbocycles. The molecule has 0 aromatic heterocycles. The molecule has 1 aliphatic heterocycles. The summed E-state index contributed by atoms with van der Waals surface area (Å²) in [5, 5.41) is 59.9. The van der Waals surface area contributed by atoms with Crippen molar-refractivity contribution in [1.82, 2.24) is 10.6 Å². The summed E-state index contributed by atoms with van der Waals surface area (Å²) in [4.78, 5) is 64.6. The van der Waals surface area contributed by atoms with Crippen molar-refractivity contribution < 1.29 is 63.7 Å². The van der Waals surface area contributed by atoms with Crippen LogP contribution in [0.25, 0.3) is 0 Å². The summed E-state index contributed by atoms with van der Waals surface area (Å²) in [5.41, 5.74) is 1.37. The number of rotatable bonds is 9. The first-order valence-corrected chi connectivity index (χ1v) is 15.2. The fraction of sp³-hybridized carbons (Fsp3) is 0.469. The largest absolute Gasteiger partial charge is 0.507 e. The average Bonchev–Trinajstić information content (AvgIpc) is 3.05. The predicted molar refractivity (Wildman–Crippen MR) is 162 cm³/mol. The van der Waals surface area contributed by atoms with Gasteiger partial charge in [0.1, 0.15) is 35.6 Å².